The summed E-state index contributed by atoms with van der Waals surface area (Å²) in [7, 11) is -8.49. The zero-order valence-corrected chi connectivity index (χ0v) is 23.9. The molecule has 38 heavy (non-hydrogen) atoms. The molecule has 2 aromatic rings. The lowest BCUT2D eigenvalue weighted by Crippen LogP contribution is -2.29. The molecule has 0 saturated carbocycles. The first-order valence-corrected chi connectivity index (χ1v) is 15.9. The first-order chi connectivity index (χ1) is 17.9. The molecule has 0 unspecified atom stereocenters. The van der Waals surface area contributed by atoms with Crippen LogP contribution in [0.25, 0.3) is 33.4 Å². The van der Waals surface area contributed by atoms with Crippen LogP contribution >= 0.6 is 0 Å². The molecule has 8 nitrogen and oxygen atoms in total. The van der Waals surface area contributed by atoms with Gasteiger partial charge in [0.15, 0.2) is 9.84 Å². The largest absolute Gasteiger partial charge is 0.456 e. The Bertz CT molecular complexity index is 1760. The lowest BCUT2D eigenvalue weighted by atomic mass is 9.93. The maximum atomic E-state index is 12.5. The molecule has 10 heteroatoms. The van der Waals surface area contributed by atoms with Gasteiger partial charge in [-0.1, -0.05) is 6.07 Å². The summed E-state index contributed by atoms with van der Waals surface area (Å²) in [4.78, 5) is 1.50. The summed E-state index contributed by atoms with van der Waals surface area (Å²) in [5.74, 6) is 0.544. The van der Waals surface area contributed by atoms with Crippen molar-refractivity contribution in [2.45, 2.75) is 37.5 Å². The van der Waals surface area contributed by atoms with E-state index in [1.54, 1.807) is 0 Å². The summed E-state index contributed by atoms with van der Waals surface area (Å²) < 4.78 is 68.2. The van der Waals surface area contributed by atoms with Gasteiger partial charge in [0.25, 0.3) is 10.1 Å². The van der Waals surface area contributed by atoms with Crippen molar-refractivity contribution in [2.75, 3.05) is 37.3 Å². The van der Waals surface area contributed by atoms with Gasteiger partial charge >= 0.3 is 0 Å². The molecule has 2 aromatic carbocycles. The van der Waals surface area contributed by atoms with E-state index in [-0.39, 0.29) is 10.5 Å². The molecule has 0 radical (unpaired) electrons. The summed E-state index contributed by atoms with van der Waals surface area (Å²) >= 11 is 0. The first kappa shape index (κ1) is 27.8. The van der Waals surface area contributed by atoms with Crippen LogP contribution in [0.2, 0.25) is 0 Å². The molecule has 1 heterocycles. The molecule has 1 aliphatic heterocycles. The van der Waals surface area contributed by atoms with Crippen molar-refractivity contribution in [2.24, 2.45) is 0 Å². The number of benzene rings is 3. The standard InChI is InChI=1S/C28H32N2O6S2/c1-6-29(7-2)19-10-13-22-25(16-19)36-26-17-20(30(8-3)9-4)11-14-23(26)28(22)24-15-12-21(37(5,31)32)18-27(24)38(33,34)35/h10-18H,6-9H2,1-5H3/p+1. The molecular formula is C28H33N2O6S2+. The molecule has 202 valence electrons. The quantitative estimate of drug-likeness (QED) is 0.193. The van der Waals surface area contributed by atoms with E-state index < -0.39 is 24.9 Å². The molecular weight excluding hydrogens is 524 g/mol. The monoisotopic (exact) mass is 557 g/mol. The third-order valence-corrected chi connectivity index (χ3v) is 8.88. The lowest BCUT2D eigenvalue weighted by Gasteiger charge is -2.22. The number of anilines is 1. The number of hydrogen-bond donors (Lipinski definition) is 1. The maximum absolute atomic E-state index is 12.5. The van der Waals surface area contributed by atoms with E-state index in [0.717, 1.165) is 49.5 Å². The Morgan fingerprint density at radius 1 is 0.842 bits per heavy atom. The van der Waals surface area contributed by atoms with Gasteiger partial charge in [-0.25, -0.2) is 13.0 Å². The Morgan fingerprint density at radius 2 is 1.50 bits per heavy atom. The normalized spacial score (nSPS) is 12.3. The van der Waals surface area contributed by atoms with Crippen LogP contribution < -0.4 is 14.8 Å². The third-order valence-electron chi connectivity index (χ3n) is 6.87. The molecule has 0 bridgehead atoms. The highest BCUT2D eigenvalue weighted by atomic mass is 32.2. The molecule has 0 fully saturated rings. The average molecular weight is 558 g/mol. The van der Waals surface area contributed by atoms with E-state index in [9.17, 15) is 21.4 Å². The molecule has 0 aromatic heterocycles. The fourth-order valence-electron chi connectivity index (χ4n) is 4.88. The summed E-state index contributed by atoms with van der Waals surface area (Å²) in [6, 6.07) is 15.3. The summed E-state index contributed by atoms with van der Waals surface area (Å²) in [5.41, 5.74) is 2.87. The van der Waals surface area contributed by atoms with Gasteiger partial charge in [0.1, 0.15) is 29.3 Å². The Kier molecular flexibility index (Phi) is 7.69. The summed E-state index contributed by atoms with van der Waals surface area (Å²) in [6.45, 7) is 11.5. The van der Waals surface area contributed by atoms with E-state index in [1.807, 2.05) is 36.4 Å². The van der Waals surface area contributed by atoms with Gasteiger partial charge in [0.05, 0.1) is 11.0 Å². The van der Waals surface area contributed by atoms with Crippen molar-refractivity contribution in [1.82, 2.24) is 4.58 Å². The maximum Gasteiger partial charge on any atom is 0.295 e. The van der Waals surface area contributed by atoms with Crippen LogP contribution in [0.3, 0.4) is 0 Å². The minimum atomic E-state index is -4.77. The average Bonchev–Trinajstić information content (AvgIpc) is 2.87. The number of rotatable bonds is 8. The van der Waals surface area contributed by atoms with E-state index in [4.69, 9.17) is 4.42 Å². The van der Waals surface area contributed by atoms with E-state index >= 15 is 0 Å². The van der Waals surface area contributed by atoms with E-state index in [2.05, 4.69) is 37.2 Å². The second-order valence-electron chi connectivity index (χ2n) is 9.09. The Morgan fingerprint density at radius 3 is 2.08 bits per heavy atom. The van der Waals surface area contributed by atoms with Crippen molar-refractivity contribution in [3.05, 3.63) is 60.0 Å². The van der Waals surface area contributed by atoms with Gasteiger partial charge in [-0.15, -0.1) is 0 Å². The SMILES string of the molecule is CCN(CC)c1ccc2c(-c3ccc(S(C)(=O)=O)cc3S(=O)(=O)O)c3ccc(=[N+](CC)CC)cc-3oc2c1. The highest BCUT2D eigenvalue weighted by molar-refractivity contribution is 7.90. The summed E-state index contributed by atoms with van der Waals surface area (Å²) in [6.07, 6.45) is 0.992. The number of nitrogens with zero attached hydrogens (tertiary/aromatic N) is 2. The number of sulfone groups is 1. The van der Waals surface area contributed by atoms with E-state index in [1.165, 1.54) is 12.1 Å². The number of fused-ring (bicyclic) bond motifs is 2. The molecule has 0 saturated heterocycles. The van der Waals surface area contributed by atoms with Gasteiger partial charge in [0.2, 0.25) is 5.36 Å². The van der Waals surface area contributed by atoms with E-state index in [0.29, 0.717) is 27.9 Å². The molecule has 1 N–H and O–H groups in total. The fraction of sp³-hybridized carbons (Fsp3) is 0.321. The molecule has 1 aliphatic carbocycles. The zero-order valence-electron chi connectivity index (χ0n) is 22.2. The van der Waals surface area contributed by atoms with Crippen molar-refractivity contribution in [1.29, 1.82) is 0 Å². The van der Waals surface area contributed by atoms with Crippen molar-refractivity contribution >= 4 is 36.6 Å². The number of hydrogen-bond acceptors (Lipinski definition) is 6. The smallest absolute Gasteiger partial charge is 0.295 e. The van der Waals surface area contributed by atoms with Crippen LogP contribution in [0.5, 0.6) is 0 Å². The third kappa shape index (κ3) is 5.21. The highest BCUT2D eigenvalue weighted by Gasteiger charge is 2.26. The second kappa shape index (κ2) is 10.5. The van der Waals surface area contributed by atoms with Gasteiger partial charge in [-0.3, -0.25) is 4.55 Å². The predicted octanol–water partition coefficient (Wildman–Crippen LogP) is 4.51. The molecule has 0 amide bonds. The van der Waals surface area contributed by atoms with Crippen LogP contribution in [0.1, 0.15) is 27.7 Å². The van der Waals surface area contributed by atoms with Gasteiger partial charge < -0.3 is 9.32 Å². The molecule has 4 rings (SSSR count). The van der Waals surface area contributed by atoms with Gasteiger partial charge in [-0.05, 0) is 58.0 Å². The van der Waals surface area contributed by atoms with Crippen LogP contribution in [0.15, 0.2) is 68.8 Å². The minimum absolute atomic E-state index is 0.192. The summed E-state index contributed by atoms with van der Waals surface area (Å²) in [5, 5.41) is 1.60. The van der Waals surface area contributed by atoms with Gasteiger partial charge in [0, 0.05) is 59.2 Å². The molecule has 0 atom stereocenters. The topological polar surface area (TPSA) is 108 Å². The first-order valence-electron chi connectivity index (χ1n) is 12.6. The van der Waals surface area contributed by atoms with Crippen molar-refractivity contribution in [3.63, 3.8) is 0 Å². The molecule has 2 aliphatic rings. The highest BCUT2D eigenvalue weighted by Crippen LogP contribution is 2.43. The predicted molar refractivity (Wildman–Crippen MR) is 151 cm³/mol. The van der Waals surface area contributed by atoms with Crippen molar-refractivity contribution in [3.8, 4) is 22.5 Å². The Labute approximate surface area is 223 Å². The molecule has 0 spiro atoms. The Balaban J connectivity index is 2.19. The van der Waals surface area contributed by atoms with Gasteiger partial charge in [-0.2, -0.15) is 8.42 Å². The second-order valence-corrected chi connectivity index (χ2v) is 12.5. The van der Waals surface area contributed by atoms with Crippen LogP contribution in [0, 0.1) is 0 Å². The van der Waals surface area contributed by atoms with Crippen molar-refractivity contribution < 1.29 is 25.8 Å². The fourth-order valence-corrected chi connectivity index (χ4v) is 6.33. The van der Waals surface area contributed by atoms with Crippen LogP contribution in [-0.2, 0) is 20.0 Å². The van der Waals surface area contributed by atoms with Crippen LogP contribution in [-0.4, -0.2) is 53.8 Å². The zero-order chi connectivity index (χ0) is 27.8. The minimum Gasteiger partial charge on any atom is -0.456 e. The Hall–Kier alpha value is -3.21. The van der Waals surface area contributed by atoms with Crippen LogP contribution in [0.4, 0.5) is 5.69 Å². The lowest BCUT2D eigenvalue weighted by molar-refractivity contribution is 0.483.